The summed E-state index contributed by atoms with van der Waals surface area (Å²) in [6.45, 7) is 4.02. The Morgan fingerprint density at radius 3 is 2.47 bits per heavy atom. The van der Waals surface area contributed by atoms with Crippen LogP contribution in [0.5, 0.6) is 0 Å². The van der Waals surface area contributed by atoms with E-state index in [0.717, 1.165) is 20.3 Å². The van der Waals surface area contributed by atoms with Gasteiger partial charge in [0, 0.05) is 3.57 Å². The fourth-order valence-corrected chi connectivity index (χ4v) is 2.82. The van der Waals surface area contributed by atoms with Crippen LogP contribution in [0.15, 0.2) is 48.5 Å². The third-order valence-electron chi connectivity index (χ3n) is 3.02. The Bertz CT molecular complexity index is 581. The van der Waals surface area contributed by atoms with E-state index < -0.39 is 0 Å². The maximum Gasteiger partial charge on any atom is 0.252 e. The van der Waals surface area contributed by atoms with Gasteiger partial charge in [0.25, 0.3) is 5.91 Å². The Kier molecular flexibility index (Phi) is 4.58. The number of carbonyl (C=O) groups is 1. The molecule has 0 aromatic heterocycles. The number of amides is 1. The first-order valence-electron chi connectivity index (χ1n) is 6.20. The first-order chi connectivity index (χ1) is 9.08. The molecule has 0 saturated carbocycles. The molecule has 0 aliphatic carbocycles. The number of halogens is 1. The van der Waals surface area contributed by atoms with Gasteiger partial charge in [-0.25, -0.2) is 0 Å². The van der Waals surface area contributed by atoms with E-state index in [2.05, 4.69) is 27.9 Å². The fraction of sp³-hybridized carbons (Fsp3) is 0.188. The van der Waals surface area contributed by atoms with Gasteiger partial charge in [0.1, 0.15) is 0 Å². The highest BCUT2D eigenvalue weighted by Gasteiger charge is 2.13. The average molecular weight is 365 g/mol. The summed E-state index contributed by atoms with van der Waals surface area (Å²) >= 11 is 2.20. The maximum absolute atomic E-state index is 12.2. The SMILES string of the molecule is Cc1ccc(C(=O)NC(C)c2ccccc2)c(I)c1. The molecule has 0 aliphatic rings. The topological polar surface area (TPSA) is 29.1 Å². The molecule has 2 rings (SSSR count). The molecule has 3 heteroatoms. The summed E-state index contributed by atoms with van der Waals surface area (Å²) in [5, 5.41) is 3.03. The van der Waals surface area contributed by atoms with Crippen LogP contribution in [-0.2, 0) is 0 Å². The van der Waals surface area contributed by atoms with Crippen molar-refractivity contribution in [2.75, 3.05) is 0 Å². The smallest absolute Gasteiger partial charge is 0.252 e. The predicted octanol–water partition coefficient (Wildman–Crippen LogP) is 4.09. The van der Waals surface area contributed by atoms with Gasteiger partial charge in [0.05, 0.1) is 11.6 Å². The Balaban J connectivity index is 2.13. The highest BCUT2D eigenvalue weighted by atomic mass is 127. The first kappa shape index (κ1) is 14.1. The highest BCUT2D eigenvalue weighted by Crippen LogP contribution is 2.17. The third kappa shape index (κ3) is 3.56. The predicted molar refractivity (Wildman–Crippen MR) is 86.2 cm³/mol. The molecule has 0 spiro atoms. The minimum Gasteiger partial charge on any atom is -0.345 e. The van der Waals surface area contributed by atoms with Crippen molar-refractivity contribution in [2.45, 2.75) is 19.9 Å². The molecular formula is C16H16INO. The number of hydrogen-bond acceptors (Lipinski definition) is 1. The molecule has 19 heavy (non-hydrogen) atoms. The van der Waals surface area contributed by atoms with E-state index in [1.165, 1.54) is 0 Å². The van der Waals surface area contributed by atoms with E-state index in [0.29, 0.717) is 0 Å². The van der Waals surface area contributed by atoms with Crippen LogP contribution in [0.25, 0.3) is 0 Å². The summed E-state index contributed by atoms with van der Waals surface area (Å²) in [4.78, 5) is 12.2. The molecule has 98 valence electrons. The van der Waals surface area contributed by atoms with Crippen molar-refractivity contribution in [3.8, 4) is 0 Å². The molecular weight excluding hydrogens is 349 g/mol. The summed E-state index contributed by atoms with van der Waals surface area (Å²) in [6.07, 6.45) is 0. The van der Waals surface area contributed by atoms with E-state index >= 15 is 0 Å². The molecule has 1 atom stereocenters. The Labute approximate surface area is 127 Å². The second-order valence-corrected chi connectivity index (χ2v) is 5.75. The number of nitrogens with one attached hydrogen (secondary N) is 1. The summed E-state index contributed by atoms with van der Waals surface area (Å²) in [7, 11) is 0. The average Bonchev–Trinajstić information content (AvgIpc) is 2.39. The van der Waals surface area contributed by atoms with Crippen molar-refractivity contribution >= 4 is 28.5 Å². The minimum atomic E-state index is -0.0271. The van der Waals surface area contributed by atoms with Crippen LogP contribution in [0.4, 0.5) is 0 Å². The summed E-state index contributed by atoms with van der Waals surface area (Å²) in [5.74, 6) is -0.0271. The molecule has 1 amide bonds. The monoisotopic (exact) mass is 365 g/mol. The number of hydrogen-bond donors (Lipinski definition) is 1. The van der Waals surface area contributed by atoms with Gasteiger partial charge in [-0.05, 0) is 54.1 Å². The lowest BCUT2D eigenvalue weighted by Crippen LogP contribution is -2.27. The standard InChI is InChI=1S/C16H16INO/c1-11-8-9-14(15(17)10-11)16(19)18-12(2)13-6-4-3-5-7-13/h3-10,12H,1-2H3,(H,18,19). The lowest BCUT2D eigenvalue weighted by molar-refractivity contribution is 0.0939. The van der Waals surface area contributed by atoms with Crippen molar-refractivity contribution in [3.63, 3.8) is 0 Å². The Morgan fingerprint density at radius 1 is 1.16 bits per heavy atom. The quantitative estimate of drug-likeness (QED) is 0.816. The molecule has 0 saturated heterocycles. The van der Waals surface area contributed by atoms with Gasteiger partial charge in [-0.2, -0.15) is 0 Å². The summed E-state index contributed by atoms with van der Waals surface area (Å²) in [6, 6.07) is 15.8. The molecule has 2 aromatic carbocycles. The van der Waals surface area contributed by atoms with Crippen LogP contribution in [0.3, 0.4) is 0 Å². The number of aryl methyl sites for hydroxylation is 1. The van der Waals surface area contributed by atoms with Gasteiger partial charge in [-0.1, -0.05) is 42.0 Å². The van der Waals surface area contributed by atoms with E-state index in [9.17, 15) is 4.79 Å². The van der Waals surface area contributed by atoms with E-state index in [1.807, 2.05) is 62.4 Å². The molecule has 1 unspecified atom stereocenters. The van der Waals surface area contributed by atoms with Crippen molar-refractivity contribution in [2.24, 2.45) is 0 Å². The summed E-state index contributed by atoms with van der Waals surface area (Å²) < 4.78 is 0.982. The van der Waals surface area contributed by atoms with E-state index in [1.54, 1.807) is 0 Å². The second-order valence-electron chi connectivity index (χ2n) is 4.59. The van der Waals surface area contributed by atoms with Crippen molar-refractivity contribution in [1.82, 2.24) is 5.32 Å². The van der Waals surface area contributed by atoms with Crippen molar-refractivity contribution in [1.29, 1.82) is 0 Å². The molecule has 0 aliphatic heterocycles. The molecule has 2 nitrogen and oxygen atoms in total. The molecule has 2 aromatic rings. The minimum absolute atomic E-state index is 0.00537. The Morgan fingerprint density at radius 2 is 1.84 bits per heavy atom. The first-order valence-corrected chi connectivity index (χ1v) is 7.28. The zero-order chi connectivity index (χ0) is 13.8. The van der Waals surface area contributed by atoms with Gasteiger partial charge in [0.2, 0.25) is 0 Å². The van der Waals surface area contributed by atoms with Gasteiger partial charge < -0.3 is 5.32 Å². The van der Waals surface area contributed by atoms with Gasteiger partial charge in [0.15, 0.2) is 0 Å². The van der Waals surface area contributed by atoms with Gasteiger partial charge in [-0.3, -0.25) is 4.79 Å². The third-order valence-corrected chi connectivity index (χ3v) is 3.91. The largest absolute Gasteiger partial charge is 0.345 e. The zero-order valence-electron chi connectivity index (χ0n) is 11.0. The zero-order valence-corrected chi connectivity index (χ0v) is 13.1. The van der Waals surface area contributed by atoms with Crippen molar-refractivity contribution in [3.05, 3.63) is 68.8 Å². The summed E-state index contributed by atoms with van der Waals surface area (Å²) in [5.41, 5.74) is 3.00. The molecule has 0 bridgehead atoms. The van der Waals surface area contributed by atoms with Gasteiger partial charge in [-0.15, -0.1) is 0 Å². The molecule has 0 heterocycles. The second kappa shape index (κ2) is 6.19. The number of benzene rings is 2. The van der Waals surface area contributed by atoms with E-state index in [4.69, 9.17) is 0 Å². The van der Waals surface area contributed by atoms with Crippen LogP contribution in [0.2, 0.25) is 0 Å². The molecule has 0 radical (unpaired) electrons. The van der Waals surface area contributed by atoms with Crippen LogP contribution in [0, 0.1) is 10.5 Å². The Hall–Kier alpha value is -1.36. The molecule has 0 fully saturated rings. The van der Waals surface area contributed by atoms with Gasteiger partial charge >= 0.3 is 0 Å². The number of carbonyl (C=O) groups excluding carboxylic acids is 1. The fourth-order valence-electron chi connectivity index (χ4n) is 1.90. The van der Waals surface area contributed by atoms with Crippen LogP contribution >= 0.6 is 22.6 Å². The normalized spacial score (nSPS) is 11.9. The maximum atomic E-state index is 12.2. The van der Waals surface area contributed by atoms with Crippen LogP contribution in [0.1, 0.15) is 34.5 Å². The lowest BCUT2D eigenvalue weighted by atomic mass is 10.1. The van der Waals surface area contributed by atoms with Crippen molar-refractivity contribution < 1.29 is 4.79 Å². The number of rotatable bonds is 3. The highest BCUT2D eigenvalue weighted by molar-refractivity contribution is 14.1. The van der Waals surface area contributed by atoms with Crippen LogP contribution < -0.4 is 5.32 Å². The van der Waals surface area contributed by atoms with Crippen LogP contribution in [-0.4, -0.2) is 5.91 Å². The lowest BCUT2D eigenvalue weighted by Gasteiger charge is -2.15. The molecule has 1 N–H and O–H groups in total. The van der Waals surface area contributed by atoms with E-state index in [-0.39, 0.29) is 11.9 Å².